The largest absolute Gasteiger partial charge is 0.325 e. The Labute approximate surface area is 154 Å². The summed E-state index contributed by atoms with van der Waals surface area (Å²) in [6, 6.07) is 12.5. The van der Waals surface area contributed by atoms with Crippen molar-refractivity contribution in [2.75, 3.05) is 0 Å². The molecule has 2 aromatic heterocycles. The highest BCUT2D eigenvalue weighted by Gasteiger charge is 2.49. The Balaban J connectivity index is 1.70. The molecule has 3 aromatic rings. The summed E-state index contributed by atoms with van der Waals surface area (Å²) < 4.78 is 15.0. The Bertz CT molecular complexity index is 1110. The predicted octanol–water partition coefficient (Wildman–Crippen LogP) is 2.92. The molecule has 0 saturated carbocycles. The molecule has 1 atom stereocenters. The molecule has 6 nitrogen and oxygen atoms in total. The van der Waals surface area contributed by atoms with Gasteiger partial charge < -0.3 is 9.72 Å². The van der Waals surface area contributed by atoms with E-state index < -0.39 is 23.3 Å². The van der Waals surface area contributed by atoms with Gasteiger partial charge in [0.1, 0.15) is 17.4 Å². The highest BCUT2D eigenvalue weighted by molar-refractivity contribution is 6.07. The summed E-state index contributed by atoms with van der Waals surface area (Å²) in [6.45, 7) is 1.56. The highest BCUT2D eigenvalue weighted by atomic mass is 19.1. The summed E-state index contributed by atoms with van der Waals surface area (Å²) in [5.41, 5.74) is 0.925. The molecule has 4 rings (SSSR count). The third-order valence-corrected chi connectivity index (χ3v) is 4.90. The van der Waals surface area contributed by atoms with Gasteiger partial charge in [-0.1, -0.05) is 18.2 Å². The number of benzene rings is 1. The van der Waals surface area contributed by atoms with Gasteiger partial charge in [0.25, 0.3) is 5.91 Å². The van der Waals surface area contributed by atoms with Crippen molar-refractivity contribution in [1.82, 2.24) is 14.6 Å². The number of pyridine rings is 1. The number of nitrogens with zero attached hydrogens (tertiary/aromatic N) is 3. The molecule has 1 fully saturated rings. The molecule has 0 radical (unpaired) electrons. The van der Waals surface area contributed by atoms with Crippen molar-refractivity contribution < 1.29 is 14.0 Å². The Morgan fingerprint density at radius 2 is 1.93 bits per heavy atom. The minimum Gasteiger partial charge on any atom is -0.322 e. The maximum absolute atomic E-state index is 13.2. The van der Waals surface area contributed by atoms with Gasteiger partial charge in [0.05, 0.1) is 17.6 Å². The first-order chi connectivity index (χ1) is 12.9. The van der Waals surface area contributed by atoms with Crippen molar-refractivity contribution >= 4 is 17.5 Å². The summed E-state index contributed by atoms with van der Waals surface area (Å²) in [7, 11) is 0. The van der Waals surface area contributed by atoms with Crippen LogP contribution in [0.1, 0.15) is 23.6 Å². The number of nitrogens with one attached hydrogen (secondary N) is 1. The standard InChI is InChI=1S/C20H15FN4O2/c1-20(14-5-7-15(21)8-6-14)18(26)25(19(27)23-20)12-13-11-24-9-3-2-4-17(24)16(13)10-22/h2-9,11H,12H2,1H3,(H,23,27). The molecular formula is C20H15FN4O2. The smallest absolute Gasteiger partial charge is 0.322 e. The monoisotopic (exact) mass is 362 g/mol. The summed E-state index contributed by atoms with van der Waals surface area (Å²) in [5.74, 6) is -0.867. The Morgan fingerprint density at radius 3 is 2.63 bits per heavy atom. The van der Waals surface area contributed by atoms with Crippen LogP contribution in [0.2, 0.25) is 0 Å². The van der Waals surface area contributed by atoms with Gasteiger partial charge in [-0.2, -0.15) is 5.26 Å². The van der Waals surface area contributed by atoms with E-state index in [4.69, 9.17) is 0 Å². The van der Waals surface area contributed by atoms with Crippen LogP contribution in [0.5, 0.6) is 0 Å². The van der Waals surface area contributed by atoms with Crippen molar-refractivity contribution in [2.24, 2.45) is 0 Å². The quantitative estimate of drug-likeness (QED) is 0.728. The lowest BCUT2D eigenvalue weighted by atomic mass is 9.92. The molecule has 0 bridgehead atoms. The molecule has 1 aromatic carbocycles. The number of carbonyl (C=O) groups excluding carboxylic acids is 2. The highest BCUT2D eigenvalue weighted by Crippen LogP contribution is 2.31. The van der Waals surface area contributed by atoms with Crippen molar-refractivity contribution in [2.45, 2.75) is 19.0 Å². The number of amides is 3. The summed E-state index contributed by atoms with van der Waals surface area (Å²) in [4.78, 5) is 26.6. The van der Waals surface area contributed by atoms with Crippen LogP contribution in [0.4, 0.5) is 9.18 Å². The average molecular weight is 362 g/mol. The Morgan fingerprint density at radius 1 is 1.19 bits per heavy atom. The predicted molar refractivity (Wildman–Crippen MR) is 94.9 cm³/mol. The van der Waals surface area contributed by atoms with E-state index in [0.29, 0.717) is 22.2 Å². The minimum atomic E-state index is -1.28. The van der Waals surface area contributed by atoms with E-state index in [1.165, 1.54) is 24.3 Å². The van der Waals surface area contributed by atoms with E-state index in [9.17, 15) is 19.2 Å². The van der Waals surface area contributed by atoms with Crippen molar-refractivity contribution in [3.8, 4) is 6.07 Å². The topological polar surface area (TPSA) is 77.6 Å². The van der Waals surface area contributed by atoms with Crippen molar-refractivity contribution in [1.29, 1.82) is 5.26 Å². The van der Waals surface area contributed by atoms with Crippen LogP contribution in [0.15, 0.2) is 54.9 Å². The van der Waals surface area contributed by atoms with Crippen LogP contribution in [0.25, 0.3) is 5.52 Å². The number of carbonyl (C=O) groups is 2. The molecule has 1 unspecified atom stereocenters. The fourth-order valence-corrected chi connectivity index (χ4v) is 3.42. The number of hydrogen-bond acceptors (Lipinski definition) is 3. The lowest BCUT2D eigenvalue weighted by Crippen LogP contribution is -2.40. The molecule has 7 heteroatoms. The third kappa shape index (κ3) is 2.54. The van der Waals surface area contributed by atoms with Crippen LogP contribution in [0.3, 0.4) is 0 Å². The van der Waals surface area contributed by atoms with E-state index in [0.717, 1.165) is 4.90 Å². The first kappa shape index (κ1) is 16.8. The molecular weight excluding hydrogens is 347 g/mol. The molecule has 1 aliphatic heterocycles. The number of hydrogen-bond donors (Lipinski definition) is 1. The van der Waals surface area contributed by atoms with Crippen LogP contribution >= 0.6 is 0 Å². The van der Waals surface area contributed by atoms with Gasteiger partial charge in [-0.15, -0.1) is 0 Å². The number of urea groups is 1. The number of fused-ring (bicyclic) bond motifs is 1. The lowest BCUT2D eigenvalue weighted by Gasteiger charge is -2.22. The molecule has 1 aliphatic rings. The van der Waals surface area contributed by atoms with Gasteiger partial charge in [0.15, 0.2) is 0 Å². The van der Waals surface area contributed by atoms with Gasteiger partial charge in [-0.05, 0) is 36.8 Å². The van der Waals surface area contributed by atoms with Crippen molar-refractivity contribution in [3.05, 3.63) is 77.4 Å². The van der Waals surface area contributed by atoms with E-state index >= 15 is 0 Å². The zero-order valence-electron chi connectivity index (χ0n) is 14.4. The summed E-state index contributed by atoms with van der Waals surface area (Å²) in [5, 5.41) is 12.2. The normalized spacial score (nSPS) is 19.4. The van der Waals surface area contributed by atoms with Crippen molar-refractivity contribution in [3.63, 3.8) is 0 Å². The second-order valence-corrected chi connectivity index (χ2v) is 6.59. The molecule has 3 heterocycles. The summed E-state index contributed by atoms with van der Waals surface area (Å²) >= 11 is 0. The number of halogens is 1. The Kier molecular flexibility index (Phi) is 3.70. The van der Waals surface area contributed by atoms with E-state index in [1.807, 2.05) is 12.1 Å². The second kappa shape index (κ2) is 5.95. The lowest BCUT2D eigenvalue weighted by molar-refractivity contribution is -0.131. The molecule has 134 valence electrons. The van der Waals surface area contributed by atoms with E-state index in [2.05, 4.69) is 11.4 Å². The first-order valence-corrected chi connectivity index (χ1v) is 8.33. The Hall–Kier alpha value is -3.66. The fourth-order valence-electron chi connectivity index (χ4n) is 3.42. The average Bonchev–Trinajstić information content (AvgIpc) is 3.12. The SMILES string of the molecule is CC1(c2ccc(F)cc2)NC(=O)N(Cc2cn3ccccc3c2C#N)C1=O. The number of imide groups is 1. The molecule has 1 saturated heterocycles. The second-order valence-electron chi connectivity index (χ2n) is 6.59. The van der Waals surface area contributed by atoms with Gasteiger partial charge >= 0.3 is 6.03 Å². The summed E-state index contributed by atoms with van der Waals surface area (Å²) in [6.07, 6.45) is 3.54. The maximum Gasteiger partial charge on any atom is 0.325 e. The molecule has 27 heavy (non-hydrogen) atoms. The van der Waals surface area contributed by atoms with E-state index in [1.54, 1.807) is 29.8 Å². The van der Waals surface area contributed by atoms with Crippen LogP contribution in [0, 0.1) is 17.1 Å². The number of nitriles is 1. The van der Waals surface area contributed by atoms with Crippen LogP contribution in [-0.2, 0) is 16.9 Å². The third-order valence-electron chi connectivity index (χ3n) is 4.90. The van der Waals surface area contributed by atoms with Gasteiger partial charge in [-0.3, -0.25) is 9.69 Å². The van der Waals surface area contributed by atoms with E-state index in [-0.39, 0.29) is 6.54 Å². The fraction of sp³-hybridized carbons (Fsp3) is 0.150. The van der Waals surface area contributed by atoms with Crippen LogP contribution < -0.4 is 5.32 Å². The molecule has 0 aliphatic carbocycles. The molecule has 3 amide bonds. The molecule has 1 N–H and O–H groups in total. The van der Waals surface area contributed by atoms with Gasteiger partial charge in [0.2, 0.25) is 0 Å². The van der Waals surface area contributed by atoms with Crippen LogP contribution in [-0.4, -0.2) is 21.2 Å². The minimum absolute atomic E-state index is 0.0218. The van der Waals surface area contributed by atoms with Gasteiger partial charge in [0, 0.05) is 18.0 Å². The maximum atomic E-state index is 13.2. The first-order valence-electron chi connectivity index (χ1n) is 8.33. The zero-order chi connectivity index (χ0) is 19.2. The number of rotatable bonds is 3. The molecule has 0 spiro atoms. The number of aromatic nitrogens is 1. The van der Waals surface area contributed by atoms with Gasteiger partial charge in [-0.25, -0.2) is 9.18 Å². The zero-order valence-corrected chi connectivity index (χ0v) is 14.4.